The van der Waals surface area contributed by atoms with Gasteiger partial charge in [-0.2, -0.15) is 0 Å². The number of H-pyrrole nitrogens is 1. The Kier molecular flexibility index (Phi) is 5.11. The smallest absolute Gasteiger partial charge is 0.330 e. The maximum Gasteiger partial charge on any atom is 0.330 e. The van der Waals surface area contributed by atoms with Crippen LogP contribution in [0.25, 0.3) is 0 Å². The molecule has 3 heterocycles. The molecule has 134 valence electrons. The second-order valence-electron chi connectivity index (χ2n) is 5.72. The third-order valence-electron chi connectivity index (χ3n) is 4.06. The normalized spacial score (nSPS) is 25.8. The van der Waals surface area contributed by atoms with Crippen LogP contribution >= 0.6 is 12.2 Å². The molecule has 0 amide bonds. The molecule has 2 aromatic heterocycles. The van der Waals surface area contributed by atoms with Crippen LogP contribution in [0.2, 0.25) is 0 Å². The highest BCUT2D eigenvalue weighted by atomic mass is 32.1. The molecule has 1 fully saturated rings. The number of nitrogens with zero attached hydrogens (tertiary/aromatic N) is 3. The van der Waals surface area contributed by atoms with Crippen LogP contribution in [0.5, 0.6) is 0 Å². The number of methoxy groups -OCH3 is 1. The Morgan fingerprint density at radius 1 is 1.44 bits per heavy atom. The van der Waals surface area contributed by atoms with E-state index in [0.29, 0.717) is 0 Å². The first kappa shape index (κ1) is 17.5. The molecule has 0 saturated carbocycles. The molecule has 10 heteroatoms. The number of hydrogen-bond acceptors (Lipinski definition) is 7. The molecule has 1 aliphatic heterocycles. The Hall–Kier alpha value is -2.30. The Bertz CT molecular complexity index is 846. The lowest BCUT2D eigenvalue weighted by molar-refractivity contribution is -0.0544. The van der Waals surface area contributed by atoms with Crippen molar-refractivity contribution in [1.29, 1.82) is 0 Å². The SMILES string of the molecule is COCC1OC(n2ccc(=O)[nH]c2=O)C(C)C1OC(=S)n1ccnc1. The second kappa shape index (κ2) is 7.30. The summed E-state index contributed by atoms with van der Waals surface area (Å²) in [6, 6.07) is 1.27. The Labute approximate surface area is 148 Å². The highest BCUT2D eigenvalue weighted by Gasteiger charge is 2.45. The van der Waals surface area contributed by atoms with Crippen LogP contribution in [0.15, 0.2) is 40.6 Å². The number of ether oxygens (including phenoxy) is 3. The molecule has 3 rings (SSSR count). The van der Waals surface area contributed by atoms with E-state index < -0.39 is 29.7 Å². The van der Waals surface area contributed by atoms with E-state index in [4.69, 9.17) is 26.4 Å². The summed E-state index contributed by atoms with van der Waals surface area (Å²) in [6.07, 6.45) is 4.75. The number of nitrogens with one attached hydrogen (secondary N) is 1. The van der Waals surface area contributed by atoms with Crippen molar-refractivity contribution < 1.29 is 14.2 Å². The lowest BCUT2D eigenvalue weighted by Crippen LogP contribution is -2.36. The Morgan fingerprint density at radius 3 is 2.88 bits per heavy atom. The van der Waals surface area contributed by atoms with Crippen molar-refractivity contribution >= 4 is 17.4 Å². The van der Waals surface area contributed by atoms with E-state index in [1.54, 1.807) is 24.1 Å². The summed E-state index contributed by atoms with van der Waals surface area (Å²) in [7, 11) is 1.55. The van der Waals surface area contributed by atoms with Crippen molar-refractivity contribution in [3.05, 3.63) is 51.8 Å². The minimum atomic E-state index is -0.611. The van der Waals surface area contributed by atoms with Crippen molar-refractivity contribution in [3.8, 4) is 0 Å². The van der Waals surface area contributed by atoms with Crippen LogP contribution in [0.1, 0.15) is 13.2 Å². The van der Waals surface area contributed by atoms with E-state index in [2.05, 4.69) is 9.97 Å². The van der Waals surface area contributed by atoms with E-state index in [1.165, 1.54) is 23.2 Å². The molecule has 25 heavy (non-hydrogen) atoms. The first-order valence-electron chi connectivity index (χ1n) is 7.66. The number of thiocarbonyl (C=S) groups is 1. The van der Waals surface area contributed by atoms with Crippen LogP contribution in [-0.4, -0.2) is 50.2 Å². The van der Waals surface area contributed by atoms with Gasteiger partial charge in [-0.3, -0.25) is 18.9 Å². The standard InChI is InChI=1S/C15H18N4O5S/c1-9-12(24-15(25)18-6-4-16-8-18)10(7-22-2)23-13(9)19-5-3-11(20)17-14(19)21/h3-6,8-10,12-13H,7H2,1-2H3,(H,17,20,21). The highest BCUT2D eigenvalue weighted by molar-refractivity contribution is 7.80. The van der Waals surface area contributed by atoms with Gasteiger partial charge in [0.2, 0.25) is 0 Å². The van der Waals surface area contributed by atoms with Crippen molar-refractivity contribution in [2.75, 3.05) is 13.7 Å². The van der Waals surface area contributed by atoms with E-state index in [0.717, 1.165) is 0 Å². The van der Waals surface area contributed by atoms with Gasteiger partial charge in [0.15, 0.2) is 0 Å². The second-order valence-corrected chi connectivity index (χ2v) is 6.06. The number of rotatable bonds is 4. The van der Waals surface area contributed by atoms with Crippen molar-refractivity contribution in [2.24, 2.45) is 5.92 Å². The van der Waals surface area contributed by atoms with Crippen LogP contribution in [0.3, 0.4) is 0 Å². The fourth-order valence-electron chi connectivity index (χ4n) is 2.85. The van der Waals surface area contributed by atoms with Gasteiger partial charge in [0.25, 0.3) is 10.7 Å². The number of imidazole rings is 1. The molecule has 0 spiro atoms. The summed E-state index contributed by atoms with van der Waals surface area (Å²) in [5, 5.41) is 0.230. The highest BCUT2D eigenvalue weighted by Crippen LogP contribution is 2.35. The largest absolute Gasteiger partial charge is 0.464 e. The minimum absolute atomic E-state index is 0.217. The van der Waals surface area contributed by atoms with Gasteiger partial charge in [0.05, 0.1) is 6.61 Å². The zero-order valence-corrected chi connectivity index (χ0v) is 14.5. The lowest BCUT2D eigenvalue weighted by Gasteiger charge is -2.22. The van der Waals surface area contributed by atoms with Crippen LogP contribution < -0.4 is 11.2 Å². The summed E-state index contributed by atoms with van der Waals surface area (Å²) in [4.78, 5) is 29.5. The lowest BCUT2D eigenvalue weighted by atomic mass is 10.0. The number of hydrogen-bond donors (Lipinski definition) is 1. The van der Waals surface area contributed by atoms with Gasteiger partial charge in [0.1, 0.15) is 24.8 Å². The van der Waals surface area contributed by atoms with E-state index >= 15 is 0 Å². The predicted molar refractivity (Wildman–Crippen MR) is 91.4 cm³/mol. The minimum Gasteiger partial charge on any atom is -0.464 e. The summed E-state index contributed by atoms with van der Waals surface area (Å²) in [5.74, 6) is -0.217. The van der Waals surface area contributed by atoms with Gasteiger partial charge in [-0.15, -0.1) is 0 Å². The molecule has 0 radical (unpaired) electrons. The fourth-order valence-corrected chi connectivity index (χ4v) is 3.07. The molecule has 2 aromatic rings. The predicted octanol–water partition coefficient (Wildman–Crippen LogP) is 0.131. The van der Waals surface area contributed by atoms with E-state index in [9.17, 15) is 9.59 Å². The van der Waals surface area contributed by atoms with Gasteiger partial charge in [0, 0.05) is 37.7 Å². The van der Waals surface area contributed by atoms with Crippen LogP contribution in [0, 0.1) is 5.92 Å². The Balaban J connectivity index is 1.85. The van der Waals surface area contributed by atoms with Crippen LogP contribution in [-0.2, 0) is 14.2 Å². The average molecular weight is 366 g/mol. The topological polar surface area (TPSA) is 100 Å². The molecule has 4 atom stereocenters. The van der Waals surface area contributed by atoms with Gasteiger partial charge < -0.3 is 14.2 Å². The molecular weight excluding hydrogens is 348 g/mol. The first-order valence-corrected chi connectivity index (χ1v) is 8.07. The monoisotopic (exact) mass is 366 g/mol. The van der Waals surface area contributed by atoms with E-state index in [-0.39, 0.29) is 17.7 Å². The summed E-state index contributed by atoms with van der Waals surface area (Å²) in [5.41, 5.74) is -1.01. The molecule has 4 unspecified atom stereocenters. The molecule has 0 aromatic carbocycles. The third kappa shape index (κ3) is 3.55. The molecule has 1 aliphatic rings. The van der Waals surface area contributed by atoms with Gasteiger partial charge in [-0.05, 0) is 12.2 Å². The fraction of sp³-hybridized carbons (Fsp3) is 0.467. The van der Waals surface area contributed by atoms with Crippen molar-refractivity contribution in [2.45, 2.75) is 25.4 Å². The maximum absolute atomic E-state index is 12.1. The molecular formula is C15H18N4O5S. The Morgan fingerprint density at radius 2 is 2.24 bits per heavy atom. The van der Waals surface area contributed by atoms with Crippen molar-refractivity contribution in [1.82, 2.24) is 19.1 Å². The summed E-state index contributed by atoms with van der Waals surface area (Å²) < 4.78 is 20.0. The molecule has 1 saturated heterocycles. The zero-order valence-electron chi connectivity index (χ0n) is 13.7. The zero-order chi connectivity index (χ0) is 18.0. The number of aromatic amines is 1. The molecule has 1 N–H and O–H groups in total. The van der Waals surface area contributed by atoms with Crippen molar-refractivity contribution in [3.63, 3.8) is 0 Å². The van der Waals surface area contributed by atoms with Gasteiger partial charge in [-0.25, -0.2) is 9.78 Å². The molecule has 0 aliphatic carbocycles. The number of aromatic nitrogens is 4. The van der Waals surface area contributed by atoms with Gasteiger partial charge >= 0.3 is 5.69 Å². The average Bonchev–Trinajstić information content (AvgIpc) is 3.19. The quantitative estimate of drug-likeness (QED) is 0.768. The van der Waals surface area contributed by atoms with E-state index in [1.807, 2.05) is 6.92 Å². The molecule has 9 nitrogen and oxygen atoms in total. The first-order chi connectivity index (χ1) is 12.0. The molecule has 0 bridgehead atoms. The maximum atomic E-state index is 12.1. The van der Waals surface area contributed by atoms with Gasteiger partial charge in [-0.1, -0.05) is 6.92 Å². The third-order valence-corrected chi connectivity index (χ3v) is 4.36. The summed E-state index contributed by atoms with van der Waals surface area (Å²) >= 11 is 5.29. The summed E-state index contributed by atoms with van der Waals surface area (Å²) in [6.45, 7) is 2.16. The van der Waals surface area contributed by atoms with Crippen LogP contribution in [0.4, 0.5) is 0 Å².